The molecule has 1 saturated heterocycles. The van der Waals surface area contributed by atoms with Crippen molar-refractivity contribution >= 4 is 5.78 Å². The Morgan fingerprint density at radius 1 is 1.50 bits per heavy atom. The maximum atomic E-state index is 11.4. The Bertz CT molecular complexity index is 442. The minimum atomic E-state index is 0.0460. The third-order valence-corrected chi connectivity index (χ3v) is 3.83. The fourth-order valence-electron chi connectivity index (χ4n) is 2.72. The number of likely N-dealkylation sites (tertiary alicyclic amines) is 1. The third-order valence-electron chi connectivity index (χ3n) is 3.83. The molecule has 0 amide bonds. The molecule has 1 aliphatic heterocycles. The second kappa shape index (κ2) is 5.53. The minimum Gasteiger partial charge on any atom is -0.508 e. The second-order valence-electron chi connectivity index (χ2n) is 5.07. The van der Waals surface area contributed by atoms with Crippen LogP contribution in [-0.2, 0) is 6.54 Å². The van der Waals surface area contributed by atoms with Crippen LogP contribution < -0.4 is 0 Å². The van der Waals surface area contributed by atoms with Crippen molar-refractivity contribution in [2.24, 2.45) is 0 Å². The van der Waals surface area contributed by atoms with Gasteiger partial charge in [0.15, 0.2) is 5.78 Å². The summed E-state index contributed by atoms with van der Waals surface area (Å²) >= 11 is 0. The molecule has 2 rings (SSSR count). The highest BCUT2D eigenvalue weighted by atomic mass is 16.3. The molecule has 1 N–H and O–H groups in total. The van der Waals surface area contributed by atoms with E-state index in [1.807, 2.05) is 6.07 Å². The van der Waals surface area contributed by atoms with Gasteiger partial charge in [-0.25, -0.2) is 0 Å². The molecule has 0 aromatic heterocycles. The Morgan fingerprint density at radius 2 is 2.28 bits per heavy atom. The molecular formula is C15H21NO2. The third kappa shape index (κ3) is 2.72. The van der Waals surface area contributed by atoms with Gasteiger partial charge in [0.25, 0.3) is 0 Å². The van der Waals surface area contributed by atoms with E-state index in [-0.39, 0.29) is 5.78 Å². The summed E-state index contributed by atoms with van der Waals surface area (Å²) in [5.41, 5.74) is 1.54. The van der Waals surface area contributed by atoms with Gasteiger partial charge in [-0.2, -0.15) is 0 Å². The van der Waals surface area contributed by atoms with Crippen LogP contribution >= 0.6 is 0 Å². The van der Waals surface area contributed by atoms with Crippen molar-refractivity contribution < 1.29 is 9.90 Å². The highest BCUT2D eigenvalue weighted by Gasteiger charge is 2.23. The van der Waals surface area contributed by atoms with Crippen LogP contribution in [0.2, 0.25) is 0 Å². The number of carbonyl (C=O) groups excluding carboxylic acids is 1. The summed E-state index contributed by atoms with van der Waals surface area (Å²) in [5, 5.41) is 9.90. The summed E-state index contributed by atoms with van der Waals surface area (Å²) in [7, 11) is 0. The van der Waals surface area contributed by atoms with Crippen molar-refractivity contribution in [2.45, 2.75) is 45.7 Å². The van der Waals surface area contributed by atoms with Crippen LogP contribution in [0.5, 0.6) is 5.75 Å². The first-order chi connectivity index (χ1) is 8.61. The lowest BCUT2D eigenvalue weighted by Gasteiger charge is -2.23. The van der Waals surface area contributed by atoms with Crippen LogP contribution in [0.3, 0.4) is 0 Å². The van der Waals surface area contributed by atoms with E-state index >= 15 is 0 Å². The maximum Gasteiger partial charge on any atom is 0.159 e. The molecule has 1 aromatic rings. The molecule has 1 aromatic carbocycles. The number of phenolic OH excluding ortho intramolecular Hbond substituents is 1. The maximum absolute atomic E-state index is 11.4. The molecule has 98 valence electrons. The second-order valence-corrected chi connectivity index (χ2v) is 5.07. The molecule has 3 heteroatoms. The van der Waals surface area contributed by atoms with Crippen LogP contribution in [0.15, 0.2) is 18.2 Å². The highest BCUT2D eigenvalue weighted by molar-refractivity contribution is 5.94. The Balaban J connectivity index is 2.17. The lowest BCUT2D eigenvalue weighted by atomic mass is 10.1. The van der Waals surface area contributed by atoms with Crippen molar-refractivity contribution in [3.05, 3.63) is 29.3 Å². The van der Waals surface area contributed by atoms with Gasteiger partial charge in [-0.15, -0.1) is 0 Å². The predicted octanol–water partition coefficient (Wildman–Crippen LogP) is 2.97. The van der Waals surface area contributed by atoms with Gasteiger partial charge in [-0.05, 0) is 50.9 Å². The van der Waals surface area contributed by atoms with Crippen molar-refractivity contribution in [3.8, 4) is 5.75 Å². The lowest BCUT2D eigenvalue weighted by Crippen LogP contribution is -2.28. The number of aromatic hydroxyl groups is 1. The summed E-state index contributed by atoms with van der Waals surface area (Å²) in [6, 6.07) is 5.75. The van der Waals surface area contributed by atoms with E-state index in [1.165, 1.54) is 12.8 Å². The zero-order valence-electron chi connectivity index (χ0n) is 11.1. The zero-order chi connectivity index (χ0) is 13.1. The van der Waals surface area contributed by atoms with E-state index in [9.17, 15) is 9.90 Å². The molecule has 18 heavy (non-hydrogen) atoms. The average Bonchev–Trinajstić information content (AvgIpc) is 2.79. The molecule has 0 radical (unpaired) electrons. The smallest absolute Gasteiger partial charge is 0.159 e. The Hall–Kier alpha value is -1.35. The molecule has 1 atom stereocenters. The van der Waals surface area contributed by atoms with Crippen LogP contribution in [0.1, 0.15) is 49.0 Å². The molecule has 0 bridgehead atoms. The van der Waals surface area contributed by atoms with Crippen LogP contribution in [0.4, 0.5) is 0 Å². The van der Waals surface area contributed by atoms with Gasteiger partial charge in [0.1, 0.15) is 5.75 Å². The Morgan fingerprint density at radius 3 is 2.94 bits per heavy atom. The molecule has 0 saturated carbocycles. The molecule has 1 aliphatic rings. The van der Waals surface area contributed by atoms with E-state index in [4.69, 9.17) is 0 Å². The van der Waals surface area contributed by atoms with Gasteiger partial charge in [0.2, 0.25) is 0 Å². The molecule has 0 spiro atoms. The van der Waals surface area contributed by atoms with Gasteiger partial charge >= 0.3 is 0 Å². The van der Waals surface area contributed by atoms with Gasteiger partial charge < -0.3 is 5.11 Å². The summed E-state index contributed by atoms with van der Waals surface area (Å²) in [6.07, 6.45) is 3.61. The number of nitrogens with zero attached hydrogens (tertiary/aromatic N) is 1. The first kappa shape index (κ1) is 13.1. The Kier molecular flexibility index (Phi) is 4.02. The zero-order valence-corrected chi connectivity index (χ0v) is 11.1. The summed E-state index contributed by atoms with van der Waals surface area (Å²) in [4.78, 5) is 13.8. The highest BCUT2D eigenvalue weighted by Crippen LogP contribution is 2.26. The normalized spacial score (nSPS) is 20.2. The van der Waals surface area contributed by atoms with E-state index in [2.05, 4.69) is 11.8 Å². The van der Waals surface area contributed by atoms with E-state index in [0.717, 1.165) is 25.1 Å². The van der Waals surface area contributed by atoms with Gasteiger partial charge in [0.05, 0.1) is 0 Å². The predicted molar refractivity (Wildman–Crippen MR) is 71.8 cm³/mol. The van der Waals surface area contributed by atoms with Crippen LogP contribution in [0.25, 0.3) is 0 Å². The van der Waals surface area contributed by atoms with Crippen molar-refractivity contribution in [1.82, 2.24) is 4.90 Å². The van der Waals surface area contributed by atoms with Gasteiger partial charge in [-0.1, -0.05) is 6.92 Å². The Labute approximate surface area is 108 Å². The topological polar surface area (TPSA) is 40.5 Å². The molecular weight excluding hydrogens is 226 g/mol. The summed E-state index contributed by atoms with van der Waals surface area (Å²) in [5.74, 6) is 0.339. The SMILES string of the molecule is CCC1CCCN1Cc1cc(C(C)=O)ccc1O. The van der Waals surface area contributed by atoms with Gasteiger partial charge in [0, 0.05) is 23.7 Å². The first-order valence-electron chi connectivity index (χ1n) is 6.68. The average molecular weight is 247 g/mol. The number of ketones is 1. The monoisotopic (exact) mass is 247 g/mol. The fourth-order valence-corrected chi connectivity index (χ4v) is 2.72. The first-order valence-corrected chi connectivity index (χ1v) is 6.68. The van der Waals surface area contributed by atoms with Crippen LogP contribution in [0, 0.1) is 0 Å². The number of rotatable bonds is 4. The minimum absolute atomic E-state index is 0.0460. The van der Waals surface area contributed by atoms with E-state index < -0.39 is 0 Å². The molecule has 1 fully saturated rings. The van der Waals surface area contributed by atoms with Crippen molar-refractivity contribution in [2.75, 3.05) is 6.54 Å². The van der Waals surface area contributed by atoms with Crippen LogP contribution in [-0.4, -0.2) is 28.4 Å². The molecule has 1 heterocycles. The number of Topliss-reactive ketones (excluding diaryl/α,β-unsaturated/α-hetero) is 1. The number of benzene rings is 1. The summed E-state index contributed by atoms with van der Waals surface area (Å²) < 4.78 is 0. The van der Waals surface area contributed by atoms with Gasteiger partial charge in [-0.3, -0.25) is 9.69 Å². The quantitative estimate of drug-likeness (QED) is 0.832. The summed E-state index contributed by atoms with van der Waals surface area (Å²) in [6.45, 7) is 5.59. The van der Waals surface area contributed by atoms with E-state index in [1.54, 1.807) is 19.1 Å². The number of carbonyl (C=O) groups is 1. The van der Waals surface area contributed by atoms with Crippen molar-refractivity contribution in [1.29, 1.82) is 0 Å². The largest absolute Gasteiger partial charge is 0.508 e. The number of phenols is 1. The van der Waals surface area contributed by atoms with E-state index in [0.29, 0.717) is 17.4 Å². The molecule has 3 nitrogen and oxygen atoms in total. The van der Waals surface area contributed by atoms with Crippen molar-refractivity contribution in [3.63, 3.8) is 0 Å². The fraction of sp³-hybridized carbons (Fsp3) is 0.533. The lowest BCUT2D eigenvalue weighted by molar-refractivity contribution is 0.101. The number of hydrogen-bond acceptors (Lipinski definition) is 3. The number of hydrogen-bond donors (Lipinski definition) is 1. The molecule has 0 aliphatic carbocycles. The molecule has 1 unspecified atom stereocenters. The standard InChI is InChI=1S/C15H21NO2/c1-3-14-5-4-8-16(14)10-13-9-12(11(2)17)6-7-15(13)18/h6-7,9,14,18H,3-5,8,10H2,1-2H3.